The summed E-state index contributed by atoms with van der Waals surface area (Å²) in [6.07, 6.45) is 2.64. The molecule has 0 saturated carbocycles. The zero-order valence-electron chi connectivity index (χ0n) is 8.86. The minimum Gasteiger partial charge on any atom is -0.282 e. The highest BCUT2D eigenvalue weighted by Crippen LogP contribution is 2.26. The highest BCUT2D eigenvalue weighted by molar-refractivity contribution is 7.92. The molecule has 0 bridgehead atoms. The van der Waals surface area contributed by atoms with Crippen LogP contribution < -0.4 is 10.1 Å². The van der Waals surface area contributed by atoms with Gasteiger partial charge in [-0.1, -0.05) is 11.6 Å². The molecule has 2 N–H and O–H groups in total. The molecule has 1 rings (SSSR count). The Hall–Kier alpha value is -1.27. The van der Waals surface area contributed by atoms with Crippen molar-refractivity contribution >= 4 is 39.2 Å². The molecule has 0 aromatic heterocycles. The van der Waals surface area contributed by atoms with Gasteiger partial charge < -0.3 is 0 Å². The highest BCUT2D eigenvalue weighted by Gasteiger charge is 2.06. The van der Waals surface area contributed by atoms with Crippen LogP contribution >= 0.6 is 11.6 Å². The van der Waals surface area contributed by atoms with Crippen molar-refractivity contribution in [3.05, 3.63) is 23.2 Å². The molecule has 0 radical (unpaired) electrons. The molecule has 1 aromatic carbocycles. The molecule has 7 heteroatoms. The molecule has 0 spiro atoms. The van der Waals surface area contributed by atoms with Gasteiger partial charge in [0.25, 0.3) is 0 Å². The number of rotatable bonds is 4. The summed E-state index contributed by atoms with van der Waals surface area (Å²) in [7, 11) is -3.34. The molecule has 5 nitrogen and oxygen atoms in total. The molecular formula is C9H12ClN3O2S. The van der Waals surface area contributed by atoms with Crippen LogP contribution in [-0.4, -0.2) is 20.9 Å². The van der Waals surface area contributed by atoms with Crippen LogP contribution in [0.5, 0.6) is 0 Å². The van der Waals surface area contributed by atoms with Crippen molar-refractivity contribution < 1.29 is 8.42 Å². The second kappa shape index (κ2) is 5.18. The van der Waals surface area contributed by atoms with E-state index in [-0.39, 0.29) is 0 Å². The van der Waals surface area contributed by atoms with Crippen LogP contribution in [0.15, 0.2) is 23.3 Å². The zero-order chi connectivity index (χ0) is 12.2. The monoisotopic (exact) mass is 261 g/mol. The van der Waals surface area contributed by atoms with Gasteiger partial charge in [0.15, 0.2) is 0 Å². The Kier molecular flexibility index (Phi) is 4.14. The van der Waals surface area contributed by atoms with E-state index in [1.165, 1.54) is 0 Å². The standard InChI is InChI=1S/C9H12ClN3O2S/c1-3-11-12-7-4-5-8(10)9(6-7)13-16(2,14)15/h3-6,12-13H,1-2H3. The fraction of sp³-hybridized carbons (Fsp3) is 0.222. The van der Waals surface area contributed by atoms with E-state index in [1.54, 1.807) is 31.3 Å². The second-order valence-electron chi connectivity index (χ2n) is 3.07. The Morgan fingerprint density at radius 1 is 1.44 bits per heavy atom. The molecule has 0 fully saturated rings. The van der Waals surface area contributed by atoms with E-state index >= 15 is 0 Å². The quantitative estimate of drug-likeness (QED) is 0.644. The molecule has 16 heavy (non-hydrogen) atoms. The number of benzene rings is 1. The maximum absolute atomic E-state index is 11.1. The summed E-state index contributed by atoms with van der Waals surface area (Å²) in [5.74, 6) is 0. The lowest BCUT2D eigenvalue weighted by molar-refractivity contribution is 0.607. The van der Waals surface area contributed by atoms with Gasteiger partial charge in [0.2, 0.25) is 10.0 Å². The van der Waals surface area contributed by atoms with Gasteiger partial charge in [0.1, 0.15) is 0 Å². The molecule has 0 amide bonds. The van der Waals surface area contributed by atoms with E-state index in [2.05, 4.69) is 15.2 Å². The number of nitrogens with one attached hydrogen (secondary N) is 2. The third kappa shape index (κ3) is 4.08. The fourth-order valence-electron chi connectivity index (χ4n) is 1.01. The topological polar surface area (TPSA) is 70.6 Å². The smallest absolute Gasteiger partial charge is 0.229 e. The number of halogens is 1. The minimum absolute atomic E-state index is 0.320. The molecule has 0 aliphatic heterocycles. The first kappa shape index (κ1) is 12.8. The summed E-state index contributed by atoms with van der Waals surface area (Å²) in [6.45, 7) is 1.76. The van der Waals surface area contributed by atoms with Gasteiger partial charge in [-0.2, -0.15) is 5.10 Å². The summed E-state index contributed by atoms with van der Waals surface area (Å²) < 4.78 is 24.4. The molecule has 88 valence electrons. The first-order chi connectivity index (χ1) is 7.42. The molecule has 0 heterocycles. The molecule has 0 unspecified atom stereocenters. The van der Waals surface area contributed by atoms with Crippen molar-refractivity contribution in [3.63, 3.8) is 0 Å². The van der Waals surface area contributed by atoms with Gasteiger partial charge in [-0.25, -0.2) is 8.42 Å². The Morgan fingerprint density at radius 2 is 2.12 bits per heavy atom. The number of nitrogens with zero attached hydrogens (tertiary/aromatic N) is 1. The lowest BCUT2D eigenvalue weighted by atomic mass is 10.3. The van der Waals surface area contributed by atoms with Crippen LogP contribution in [0, 0.1) is 0 Å². The van der Waals surface area contributed by atoms with Crippen LogP contribution in [0.2, 0.25) is 5.02 Å². The van der Waals surface area contributed by atoms with Gasteiger partial charge in [-0.05, 0) is 25.1 Å². The molecule has 0 atom stereocenters. The van der Waals surface area contributed by atoms with Gasteiger partial charge >= 0.3 is 0 Å². The normalized spacial score (nSPS) is 11.7. The first-order valence-corrected chi connectivity index (χ1v) is 6.70. The average molecular weight is 262 g/mol. The lowest BCUT2D eigenvalue weighted by Crippen LogP contribution is -2.10. The summed E-state index contributed by atoms with van der Waals surface area (Å²) in [6, 6.07) is 4.85. The molecule has 0 aliphatic rings. The van der Waals surface area contributed by atoms with Crippen LogP contribution in [0.3, 0.4) is 0 Å². The predicted molar refractivity (Wildman–Crippen MR) is 67.7 cm³/mol. The maximum atomic E-state index is 11.1. The third-order valence-corrected chi connectivity index (χ3v) is 2.50. The van der Waals surface area contributed by atoms with Crippen molar-refractivity contribution in [1.29, 1.82) is 0 Å². The maximum Gasteiger partial charge on any atom is 0.229 e. The van der Waals surface area contributed by atoms with Gasteiger partial charge in [0.05, 0.1) is 22.7 Å². The Balaban J connectivity index is 2.99. The van der Waals surface area contributed by atoms with E-state index in [0.29, 0.717) is 16.4 Å². The third-order valence-electron chi connectivity index (χ3n) is 1.58. The minimum atomic E-state index is -3.34. The number of sulfonamides is 1. The second-order valence-corrected chi connectivity index (χ2v) is 5.22. The molecule has 0 saturated heterocycles. The van der Waals surface area contributed by atoms with Crippen LogP contribution in [-0.2, 0) is 10.0 Å². The molecular weight excluding hydrogens is 250 g/mol. The molecule has 1 aromatic rings. The van der Waals surface area contributed by atoms with E-state index in [9.17, 15) is 8.42 Å². The Bertz CT molecular complexity index is 499. The summed E-state index contributed by atoms with van der Waals surface area (Å²) in [5.41, 5.74) is 3.69. The van der Waals surface area contributed by atoms with E-state index in [4.69, 9.17) is 11.6 Å². The van der Waals surface area contributed by atoms with Crippen LogP contribution in [0.1, 0.15) is 6.92 Å². The lowest BCUT2D eigenvalue weighted by Gasteiger charge is -2.08. The zero-order valence-corrected chi connectivity index (χ0v) is 10.4. The number of hydrazone groups is 1. The van der Waals surface area contributed by atoms with E-state index < -0.39 is 10.0 Å². The summed E-state index contributed by atoms with van der Waals surface area (Å²) in [4.78, 5) is 0. The number of hydrogen-bond acceptors (Lipinski definition) is 4. The Morgan fingerprint density at radius 3 is 2.69 bits per heavy atom. The van der Waals surface area contributed by atoms with Crippen LogP contribution in [0.25, 0.3) is 0 Å². The van der Waals surface area contributed by atoms with Crippen molar-refractivity contribution in [3.8, 4) is 0 Å². The highest BCUT2D eigenvalue weighted by atomic mass is 35.5. The van der Waals surface area contributed by atoms with Gasteiger partial charge in [-0.15, -0.1) is 0 Å². The number of hydrogen-bond donors (Lipinski definition) is 2. The van der Waals surface area contributed by atoms with Gasteiger partial charge in [0, 0.05) is 6.21 Å². The summed E-state index contributed by atoms with van der Waals surface area (Å²) >= 11 is 5.84. The van der Waals surface area contributed by atoms with Crippen LogP contribution in [0.4, 0.5) is 11.4 Å². The van der Waals surface area contributed by atoms with E-state index in [0.717, 1.165) is 6.26 Å². The average Bonchev–Trinajstić information content (AvgIpc) is 2.17. The van der Waals surface area contributed by atoms with Crippen molar-refractivity contribution in [2.75, 3.05) is 16.4 Å². The van der Waals surface area contributed by atoms with Crippen molar-refractivity contribution in [2.45, 2.75) is 6.92 Å². The Labute approximate surface area is 99.6 Å². The van der Waals surface area contributed by atoms with Crippen molar-refractivity contribution in [1.82, 2.24) is 0 Å². The largest absolute Gasteiger partial charge is 0.282 e. The predicted octanol–water partition coefficient (Wildman–Crippen LogP) is 2.13. The molecule has 0 aliphatic carbocycles. The van der Waals surface area contributed by atoms with E-state index in [1.807, 2.05) is 0 Å². The SMILES string of the molecule is CC=NNc1ccc(Cl)c(NS(C)(=O)=O)c1. The summed E-state index contributed by atoms with van der Waals surface area (Å²) in [5, 5.41) is 4.14. The fourth-order valence-corrected chi connectivity index (χ4v) is 1.80. The van der Waals surface area contributed by atoms with Crippen molar-refractivity contribution in [2.24, 2.45) is 5.10 Å². The van der Waals surface area contributed by atoms with Gasteiger partial charge in [-0.3, -0.25) is 10.1 Å². The number of anilines is 2. The first-order valence-electron chi connectivity index (χ1n) is 4.43.